The largest absolute Gasteiger partial charge is 0.543 e. The van der Waals surface area contributed by atoms with Crippen molar-refractivity contribution >= 4 is 33.3 Å². The third-order valence-electron chi connectivity index (χ3n) is 9.63. The van der Waals surface area contributed by atoms with Gasteiger partial charge in [-0.25, -0.2) is 9.78 Å². The zero-order valence-corrected chi connectivity index (χ0v) is 33.5. The van der Waals surface area contributed by atoms with Gasteiger partial charge in [-0.2, -0.15) is 0 Å². The Balaban J connectivity index is 1.40. The lowest BCUT2D eigenvalue weighted by Gasteiger charge is -2.36. The molecule has 5 rings (SSSR count). The first-order valence-corrected chi connectivity index (χ1v) is 24.3. The van der Waals surface area contributed by atoms with Gasteiger partial charge in [0.25, 0.3) is 0 Å². The van der Waals surface area contributed by atoms with Crippen LogP contribution in [0.25, 0.3) is 33.3 Å². The second-order valence-corrected chi connectivity index (χ2v) is 27.5. The van der Waals surface area contributed by atoms with Crippen LogP contribution in [0.3, 0.4) is 0 Å². The molecule has 49 heavy (non-hydrogen) atoms. The number of benzene rings is 2. The van der Waals surface area contributed by atoms with Gasteiger partial charge in [0, 0.05) is 38.5 Å². The number of amides is 1. The van der Waals surface area contributed by atoms with Gasteiger partial charge >= 0.3 is 6.09 Å². The molecule has 1 saturated heterocycles. The predicted molar refractivity (Wildman–Crippen MR) is 205 cm³/mol. The number of carbonyl (C=O) groups excluding carboxylic acids is 1. The molecule has 0 N–H and O–H groups in total. The molecule has 2 aromatic heterocycles. The summed E-state index contributed by atoms with van der Waals surface area (Å²) >= 11 is 0. The molecule has 0 unspecified atom stereocenters. The van der Waals surface area contributed by atoms with Gasteiger partial charge in [0.15, 0.2) is 0 Å². The summed E-state index contributed by atoms with van der Waals surface area (Å²) in [7, 11) is -3.18. The Morgan fingerprint density at radius 1 is 0.878 bits per heavy atom. The summed E-state index contributed by atoms with van der Waals surface area (Å²) in [6, 6.07) is 17.9. The van der Waals surface area contributed by atoms with Gasteiger partial charge in [-0.05, 0) is 98.9 Å². The van der Waals surface area contributed by atoms with E-state index in [2.05, 4.69) is 107 Å². The molecule has 1 fully saturated rings. The highest BCUT2D eigenvalue weighted by molar-refractivity contribution is 6.76. The lowest BCUT2D eigenvalue weighted by Crippen LogP contribution is -2.43. The Labute approximate surface area is 295 Å². The van der Waals surface area contributed by atoms with Crippen molar-refractivity contribution in [2.75, 3.05) is 13.2 Å². The molecule has 4 aromatic rings. The van der Waals surface area contributed by atoms with E-state index in [-0.39, 0.29) is 17.2 Å². The van der Waals surface area contributed by atoms with Crippen LogP contribution in [-0.4, -0.2) is 60.7 Å². The molecule has 264 valence electrons. The molecule has 1 aliphatic rings. The number of hydrogen-bond acceptors (Lipinski definition) is 6. The number of imidazole rings is 1. The van der Waals surface area contributed by atoms with Crippen molar-refractivity contribution in [2.24, 2.45) is 0 Å². The summed E-state index contributed by atoms with van der Waals surface area (Å²) in [4.78, 5) is 24.8. The zero-order valence-electron chi connectivity index (χ0n) is 31.5. The number of likely N-dealkylation sites (tertiary alicyclic amines) is 1. The van der Waals surface area contributed by atoms with E-state index >= 15 is 0 Å². The van der Waals surface area contributed by atoms with E-state index in [1.54, 1.807) is 0 Å². The minimum atomic E-state index is -1.92. The zero-order chi connectivity index (χ0) is 35.8. The molecule has 0 spiro atoms. The number of aromatic nitrogens is 3. The third kappa shape index (κ3) is 9.01. The van der Waals surface area contributed by atoms with Crippen molar-refractivity contribution in [3.63, 3.8) is 0 Å². The normalized spacial score (nSPS) is 16.0. The monoisotopic (exact) mass is 700 g/mol. The highest BCUT2D eigenvalue weighted by Gasteiger charge is 2.39. The summed E-state index contributed by atoms with van der Waals surface area (Å²) in [5.41, 5.74) is 3.26. The van der Waals surface area contributed by atoms with Crippen LogP contribution in [0.15, 0.2) is 60.9 Å². The molecule has 0 radical (unpaired) electrons. The lowest BCUT2D eigenvalue weighted by molar-refractivity contribution is 0.0204. The Kier molecular flexibility index (Phi) is 10.5. The van der Waals surface area contributed by atoms with Crippen LogP contribution in [0.1, 0.15) is 66.3 Å². The molecule has 3 heterocycles. The maximum atomic E-state index is 13.2. The van der Waals surface area contributed by atoms with Crippen molar-refractivity contribution in [1.82, 2.24) is 19.4 Å². The van der Waals surface area contributed by atoms with Crippen molar-refractivity contribution < 1.29 is 18.7 Å². The number of rotatable bonds is 10. The van der Waals surface area contributed by atoms with Crippen molar-refractivity contribution in [2.45, 2.75) is 117 Å². The maximum Gasteiger partial charge on any atom is 0.410 e. The Bertz CT molecular complexity index is 1770. The van der Waals surface area contributed by atoms with E-state index in [0.29, 0.717) is 19.9 Å². The lowest BCUT2D eigenvalue weighted by atomic mass is 10.0. The van der Waals surface area contributed by atoms with Crippen LogP contribution in [-0.2, 0) is 16.2 Å². The average Bonchev–Trinajstić information content (AvgIpc) is 3.64. The van der Waals surface area contributed by atoms with E-state index in [9.17, 15) is 4.79 Å². The molecular formula is C39H56N4O4Si2. The highest BCUT2D eigenvalue weighted by Crippen LogP contribution is 2.39. The van der Waals surface area contributed by atoms with Gasteiger partial charge < -0.3 is 18.5 Å². The SMILES string of the molecule is CC(C)(C)OC(=O)N1CCC[C@H]1c1ncc(-c2ccc(-c3ccc4cc(O[Si](C)(C)C(C)(C)C)ccc4c3)nc2)n1COCC[Si](C)(C)C. The van der Waals surface area contributed by atoms with Crippen LogP contribution >= 0.6 is 0 Å². The third-order valence-corrected chi connectivity index (χ3v) is 15.7. The number of hydrogen-bond donors (Lipinski definition) is 0. The topological polar surface area (TPSA) is 78.7 Å². The Hall–Kier alpha value is -3.48. The molecule has 0 bridgehead atoms. The summed E-state index contributed by atoms with van der Waals surface area (Å²) in [5.74, 6) is 1.75. The minimum Gasteiger partial charge on any atom is -0.543 e. The van der Waals surface area contributed by atoms with Crippen LogP contribution < -0.4 is 4.43 Å². The predicted octanol–water partition coefficient (Wildman–Crippen LogP) is 10.5. The second-order valence-electron chi connectivity index (χ2n) is 17.1. The van der Waals surface area contributed by atoms with E-state index in [0.717, 1.165) is 63.7 Å². The fraction of sp³-hybridized carbons (Fsp3) is 0.513. The van der Waals surface area contributed by atoms with Crippen LogP contribution in [0.5, 0.6) is 5.75 Å². The standard InChI is InChI=1S/C39H56N4O4Si2/c1-38(2,3)46-37(44)42-20-12-13-34(42)36-41-26-35(43(36)27-45-21-22-48(7,8)9)31-17-19-33(40-25-31)30-15-14-29-24-32(18-16-28(29)23-30)47-49(10,11)39(4,5)6/h14-19,23-26,34H,12-13,20-22,27H2,1-11H3/t34-/m0/s1. The quantitative estimate of drug-likeness (QED) is 0.121. The summed E-state index contributed by atoms with van der Waals surface area (Å²) in [5, 5.41) is 2.44. The van der Waals surface area contributed by atoms with Gasteiger partial charge in [-0.15, -0.1) is 0 Å². The number of carbonyl (C=O) groups is 1. The van der Waals surface area contributed by atoms with Crippen molar-refractivity contribution in [1.29, 1.82) is 0 Å². The number of fused-ring (bicyclic) bond motifs is 1. The van der Waals surface area contributed by atoms with Crippen molar-refractivity contribution in [3.8, 4) is 28.3 Å². The molecule has 8 nitrogen and oxygen atoms in total. The fourth-order valence-electron chi connectivity index (χ4n) is 5.74. The first-order chi connectivity index (χ1) is 22.8. The summed E-state index contributed by atoms with van der Waals surface area (Å²) < 4.78 is 20.7. The number of nitrogens with zero attached hydrogens (tertiary/aromatic N) is 4. The maximum absolute atomic E-state index is 13.2. The Morgan fingerprint density at radius 3 is 2.22 bits per heavy atom. The molecule has 1 aliphatic heterocycles. The van der Waals surface area contributed by atoms with E-state index < -0.39 is 22.0 Å². The molecule has 10 heteroatoms. The Morgan fingerprint density at radius 2 is 1.57 bits per heavy atom. The number of pyridine rings is 1. The summed E-state index contributed by atoms with van der Waals surface area (Å²) in [6.07, 6.45) is 5.23. The van der Waals surface area contributed by atoms with Gasteiger partial charge in [-0.1, -0.05) is 58.6 Å². The van der Waals surface area contributed by atoms with Crippen LogP contribution in [0, 0.1) is 0 Å². The van der Waals surface area contributed by atoms with Gasteiger partial charge in [0.2, 0.25) is 8.32 Å². The van der Waals surface area contributed by atoms with Crippen LogP contribution in [0.2, 0.25) is 43.8 Å². The van der Waals surface area contributed by atoms with E-state index in [4.69, 9.17) is 23.9 Å². The fourth-order valence-corrected chi connectivity index (χ4v) is 7.52. The van der Waals surface area contributed by atoms with Crippen LogP contribution in [0.4, 0.5) is 4.79 Å². The molecule has 0 saturated carbocycles. The highest BCUT2D eigenvalue weighted by atomic mass is 28.4. The first kappa shape index (κ1) is 36.8. The molecule has 2 aromatic carbocycles. The van der Waals surface area contributed by atoms with Crippen molar-refractivity contribution in [3.05, 3.63) is 66.7 Å². The number of ether oxygens (including phenoxy) is 2. The van der Waals surface area contributed by atoms with E-state index in [1.807, 2.05) is 38.1 Å². The van der Waals surface area contributed by atoms with Gasteiger partial charge in [0.1, 0.15) is 23.9 Å². The molecule has 1 atom stereocenters. The molecular weight excluding hydrogens is 645 g/mol. The smallest absolute Gasteiger partial charge is 0.410 e. The summed E-state index contributed by atoms with van der Waals surface area (Å²) in [6.45, 7) is 25.8. The molecule has 0 aliphatic carbocycles. The van der Waals surface area contributed by atoms with E-state index in [1.165, 1.54) is 0 Å². The first-order valence-electron chi connectivity index (χ1n) is 17.6. The van der Waals surface area contributed by atoms with Gasteiger partial charge in [-0.3, -0.25) is 9.88 Å². The average molecular weight is 701 g/mol. The minimum absolute atomic E-state index is 0.139. The molecule has 1 amide bonds. The second kappa shape index (κ2) is 14.0. The van der Waals surface area contributed by atoms with Gasteiger partial charge in [0.05, 0.1) is 23.6 Å².